The topological polar surface area (TPSA) is 62.3 Å². The number of anilines is 1. The van der Waals surface area contributed by atoms with Gasteiger partial charge in [-0.1, -0.05) is 35.3 Å². The van der Waals surface area contributed by atoms with Crippen molar-refractivity contribution in [3.8, 4) is 10.6 Å². The number of carbonyl (C=O) groups excluding carboxylic acids is 2. The minimum atomic E-state index is -0.601. The van der Waals surface area contributed by atoms with Crippen molar-refractivity contribution >= 4 is 62.3 Å². The van der Waals surface area contributed by atoms with Crippen molar-refractivity contribution < 1.29 is 9.59 Å². The summed E-state index contributed by atoms with van der Waals surface area (Å²) in [5.74, 6) is -0.504. The summed E-state index contributed by atoms with van der Waals surface area (Å²) in [6.07, 6.45) is 0.100. The van der Waals surface area contributed by atoms with E-state index in [1.165, 1.54) is 10.5 Å². The number of carbonyl (C=O) groups is 2. The van der Waals surface area contributed by atoms with Crippen LogP contribution in [0.4, 0.5) is 5.69 Å². The molecule has 0 radical (unpaired) electrons. The average molecular weight is 496 g/mol. The summed E-state index contributed by atoms with van der Waals surface area (Å²) in [6.45, 7) is 2.42. The quantitative estimate of drug-likeness (QED) is 0.345. The first-order valence-corrected chi connectivity index (χ1v) is 12.0. The van der Waals surface area contributed by atoms with Crippen LogP contribution in [0.2, 0.25) is 10.0 Å². The number of halogens is 2. The fraction of sp³-hybridized carbons (Fsp3) is 0.160. The summed E-state index contributed by atoms with van der Waals surface area (Å²) in [6, 6.07) is 18.2. The first kappa shape index (κ1) is 22.0. The molecule has 0 saturated carbocycles. The summed E-state index contributed by atoms with van der Waals surface area (Å²) in [5, 5.41) is 5.12. The van der Waals surface area contributed by atoms with E-state index in [2.05, 4.69) is 18.3 Å². The Hall–Kier alpha value is -2.77. The largest absolute Gasteiger partial charge is 0.301 e. The van der Waals surface area contributed by atoms with Gasteiger partial charge in [-0.05, 0) is 66.6 Å². The van der Waals surface area contributed by atoms with E-state index in [0.717, 1.165) is 26.4 Å². The lowest BCUT2D eigenvalue weighted by atomic mass is 10.2. The third-order valence-corrected chi connectivity index (χ3v) is 7.27. The molecule has 1 unspecified atom stereocenters. The molecule has 166 valence electrons. The summed E-state index contributed by atoms with van der Waals surface area (Å²) >= 11 is 13.8. The zero-order valence-corrected chi connectivity index (χ0v) is 20.0. The first-order valence-electron chi connectivity index (χ1n) is 10.4. The molecule has 4 aromatic rings. The molecule has 2 heterocycles. The highest BCUT2D eigenvalue weighted by molar-refractivity contribution is 7.21. The lowest BCUT2D eigenvalue weighted by molar-refractivity contribution is -0.121. The maximum Gasteiger partial charge on any atom is 0.251 e. The Balaban J connectivity index is 1.31. The van der Waals surface area contributed by atoms with E-state index in [4.69, 9.17) is 28.2 Å². The zero-order valence-electron chi connectivity index (χ0n) is 17.6. The Labute approximate surface area is 205 Å². The predicted molar refractivity (Wildman–Crippen MR) is 134 cm³/mol. The van der Waals surface area contributed by atoms with Crippen LogP contribution in [0.5, 0.6) is 0 Å². The van der Waals surface area contributed by atoms with Crippen LogP contribution in [0.15, 0.2) is 60.7 Å². The lowest BCUT2D eigenvalue weighted by Gasteiger charge is -2.16. The summed E-state index contributed by atoms with van der Waals surface area (Å²) in [5.41, 5.74) is 4.48. The molecular formula is C25H19Cl2N3O2S. The molecule has 0 bridgehead atoms. The van der Waals surface area contributed by atoms with Crippen molar-refractivity contribution in [2.45, 2.75) is 25.9 Å². The Morgan fingerprint density at radius 2 is 1.85 bits per heavy atom. The van der Waals surface area contributed by atoms with Gasteiger partial charge in [-0.2, -0.15) is 0 Å². The van der Waals surface area contributed by atoms with E-state index >= 15 is 0 Å². The third kappa shape index (κ3) is 4.39. The standard InChI is InChI=1S/C25H19Cl2N3O2S/c1-14-2-9-20-22(10-14)33-24(29-20)15-4-7-18(8-5-15)30-23(31)12-21(25(30)32)28-13-16-3-6-17(26)11-19(16)27/h2-11,21,28H,12-13H2,1H3. The predicted octanol–water partition coefficient (Wildman–Crippen LogP) is 6.00. The van der Waals surface area contributed by atoms with Crippen LogP contribution in [0.25, 0.3) is 20.8 Å². The molecule has 5 rings (SSSR count). The second-order valence-electron chi connectivity index (χ2n) is 7.98. The molecule has 1 aromatic heterocycles. The molecule has 1 atom stereocenters. The number of fused-ring (bicyclic) bond motifs is 1. The molecule has 0 aliphatic carbocycles. The Morgan fingerprint density at radius 1 is 1.06 bits per heavy atom. The molecule has 1 aliphatic heterocycles. The minimum absolute atomic E-state index is 0.100. The SMILES string of the molecule is Cc1ccc2nc(-c3ccc(N4C(=O)CC(NCc5ccc(Cl)cc5Cl)C4=O)cc3)sc2c1. The van der Waals surface area contributed by atoms with Crippen molar-refractivity contribution in [3.05, 3.63) is 81.8 Å². The first-order chi connectivity index (χ1) is 15.9. The van der Waals surface area contributed by atoms with E-state index in [1.807, 2.05) is 24.3 Å². The summed E-state index contributed by atoms with van der Waals surface area (Å²) in [4.78, 5) is 31.5. The molecule has 8 heteroatoms. The van der Waals surface area contributed by atoms with Gasteiger partial charge in [-0.3, -0.25) is 9.59 Å². The van der Waals surface area contributed by atoms with Crippen LogP contribution in [-0.2, 0) is 16.1 Å². The van der Waals surface area contributed by atoms with Crippen molar-refractivity contribution in [3.63, 3.8) is 0 Å². The van der Waals surface area contributed by atoms with Crippen LogP contribution < -0.4 is 10.2 Å². The van der Waals surface area contributed by atoms with E-state index in [1.54, 1.807) is 41.7 Å². The van der Waals surface area contributed by atoms with Crippen LogP contribution >= 0.6 is 34.5 Å². The number of rotatable bonds is 5. The van der Waals surface area contributed by atoms with Crippen molar-refractivity contribution in [2.24, 2.45) is 0 Å². The van der Waals surface area contributed by atoms with E-state index in [-0.39, 0.29) is 18.2 Å². The van der Waals surface area contributed by atoms with Crippen LogP contribution in [0.1, 0.15) is 17.5 Å². The van der Waals surface area contributed by atoms with E-state index in [0.29, 0.717) is 22.3 Å². The number of thiazole rings is 1. The molecule has 1 N–H and O–H groups in total. The zero-order chi connectivity index (χ0) is 23.1. The normalized spacial score (nSPS) is 16.2. The molecule has 3 aromatic carbocycles. The maximum atomic E-state index is 13.0. The Bertz CT molecular complexity index is 1380. The number of hydrogen-bond acceptors (Lipinski definition) is 5. The highest BCUT2D eigenvalue weighted by atomic mass is 35.5. The number of amides is 2. The number of nitrogens with one attached hydrogen (secondary N) is 1. The number of hydrogen-bond donors (Lipinski definition) is 1. The fourth-order valence-corrected chi connectivity index (χ4v) is 5.41. The molecule has 5 nitrogen and oxygen atoms in total. The van der Waals surface area contributed by atoms with E-state index in [9.17, 15) is 9.59 Å². The fourth-order valence-electron chi connectivity index (χ4n) is 3.87. The van der Waals surface area contributed by atoms with Crippen molar-refractivity contribution in [1.82, 2.24) is 10.3 Å². The number of aryl methyl sites for hydroxylation is 1. The second kappa shape index (κ2) is 8.88. The highest BCUT2D eigenvalue weighted by Crippen LogP contribution is 2.32. The summed E-state index contributed by atoms with van der Waals surface area (Å²) in [7, 11) is 0. The van der Waals surface area contributed by atoms with Gasteiger partial charge in [0.05, 0.1) is 28.4 Å². The number of imide groups is 1. The van der Waals surface area contributed by atoms with Crippen LogP contribution in [0, 0.1) is 6.92 Å². The molecule has 1 fully saturated rings. The average Bonchev–Trinajstić information content (AvgIpc) is 3.33. The van der Waals surface area contributed by atoms with Crippen LogP contribution in [0.3, 0.4) is 0 Å². The van der Waals surface area contributed by atoms with E-state index < -0.39 is 6.04 Å². The van der Waals surface area contributed by atoms with Crippen molar-refractivity contribution in [2.75, 3.05) is 4.90 Å². The molecule has 1 saturated heterocycles. The third-order valence-electron chi connectivity index (χ3n) is 5.62. The van der Waals surface area contributed by atoms with Gasteiger partial charge in [0.25, 0.3) is 5.91 Å². The van der Waals surface area contributed by atoms with Gasteiger partial charge in [0.2, 0.25) is 5.91 Å². The summed E-state index contributed by atoms with van der Waals surface area (Å²) < 4.78 is 1.13. The molecule has 33 heavy (non-hydrogen) atoms. The van der Waals surface area contributed by atoms with Gasteiger partial charge >= 0.3 is 0 Å². The number of nitrogens with zero attached hydrogens (tertiary/aromatic N) is 2. The van der Waals surface area contributed by atoms with Gasteiger partial charge in [0.1, 0.15) is 5.01 Å². The van der Waals surface area contributed by atoms with Gasteiger partial charge in [-0.25, -0.2) is 9.88 Å². The second-order valence-corrected chi connectivity index (χ2v) is 9.85. The van der Waals surface area contributed by atoms with Gasteiger partial charge in [-0.15, -0.1) is 11.3 Å². The molecule has 2 amide bonds. The number of benzene rings is 3. The smallest absolute Gasteiger partial charge is 0.251 e. The lowest BCUT2D eigenvalue weighted by Crippen LogP contribution is -2.38. The molecule has 0 spiro atoms. The molecular weight excluding hydrogens is 477 g/mol. The highest BCUT2D eigenvalue weighted by Gasteiger charge is 2.39. The van der Waals surface area contributed by atoms with Crippen molar-refractivity contribution in [1.29, 1.82) is 0 Å². The van der Waals surface area contributed by atoms with Gasteiger partial charge < -0.3 is 5.32 Å². The van der Waals surface area contributed by atoms with Crippen LogP contribution in [-0.4, -0.2) is 22.8 Å². The monoisotopic (exact) mass is 495 g/mol. The maximum absolute atomic E-state index is 13.0. The number of aromatic nitrogens is 1. The Morgan fingerprint density at radius 3 is 2.61 bits per heavy atom. The van der Waals surface area contributed by atoms with Gasteiger partial charge in [0, 0.05) is 22.2 Å². The molecule has 1 aliphatic rings. The Kier molecular flexibility index (Phi) is 5.93. The minimum Gasteiger partial charge on any atom is -0.301 e. The van der Waals surface area contributed by atoms with Gasteiger partial charge in [0.15, 0.2) is 0 Å².